The molecule has 104 valence electrons. The lowest BCUT2D eigenvalue weighted by Gasteiger charge is -2.17. The lowest BCUT2D eigenvalue weighted by molar-refractivity contribution is 0.0783. The van der Waals surface area contributed by atoms with E-state index in [2.05, 4.69) is 4.98 Å². The number of amides is 1. The van der Waals surface area contributed by atoms with Gasteiger partial charge in [0.15, 0.2) is 5.43 Å². The van der Waals surface area contributed by atoms with Crippen molar-refractivity contribution in [3.05, 3.63) is 69.4 Å². The van der Waals surface area contributed by atoms with Crippen LogP contribution in [0.25, 0.3) is 0 Å². The van der Waals surface area contributed by atoms with Gasteiger partial charge in [0.05, 0.1) is 0 Å². The molecule has 1 N–H and O–H groups in total. The second kappa shape index (κ2) is 5.69. The molecule has 0 bridgehead atoms. The molecule has 1 aromatic heterocycles. The number of carbonyl (C=O) groups is 1. The molecule has 0 saturated heterocycles. The SMILES string of the molecule is Cc1cc(=O)c(C(=O)N(C)Cc2cccc(F)c2)c[nH]1. The number of rotatable bonds is 3. The van der Waals surface area contributed by atoms with Crippen LogP contribution in [0.1, 0.15) is 21.6 Å². The summed E-state index contributed by atoms with van der Waals surface area (Å²) in [5.74, 6) is -0.743. The molecule has 1 amide bonds. The Labute approximate surface area is 115 Å². The van der Waals surface area contributed by atoms with Crippen LogP contribution in [0.15, 0.2) is 41.3 Å². The first kappa shape index (κ1) is 14.0. The highest BCUT2D eigenvalue weighted by molar-refractivity contribution is 5.93. The van der Waals surface area contributed by atoms with Crippen LogP contribution < -0.4 is 5.43 Å². The van der Waals surface area contributed by atoms with Gasteiger partial charge in [-0.15, -0.1) is 0 Å². The monoisotopic (exact) mass is 274 g/mol. The fourth-order valence-electron chi connectivity index (χ4n) is 1.93. The van der Waals surface area contributed by atoms with Crippen LogP contribution in [-0.4, -0.2) is 22.8 Å². The molecule has 0 atom stereocenters. The zero-order valence-corrected chi connectivity index (χ0v) is 11.3. The van der Waals surface area contributed by atoms with Gasteiger partial charge in [0.1, 0.15) is 11.4 Å². The van der Waals surface area contributed by atoms with Gasteiger partial charge in [0.2, 0.25) is 0 Å². The normalized spacial score (nSPS) is 10.3. The Morgan fingerprint density at radius 1 is 1.35 bits per heavy atom. The van der Waals surface area contributed by atoms with Gasteiger partial charge in [-0.2, -0.15) is 0 Å². The molecule has 5 heteroatoms. The number of aromatic amines is 1. The number of nitrogens with zero attached hydrogens (tertiary/aromatic N) is 1. The van der Waals surface area contributed by atoms with Gasteiger partial charge in [0, 0.05) is 31.5 Å². The Bertz CT molecular complexity index is 694. The predicted octanol–water partition coefficient (Wildman–Crippen LogP) is 2.09. The van der Waals surface area contributed by atoms with Gasteiger partial charge in [-0.1, -0.05) is 12.1 Å². The molecule has 0 aliphatic heterocycles. The molecule has 0 aliphatic rings. The van der Waals surface area contributed by atoms with Gasteiger partial charge in [-0.3, -0.25) is 9.59 Å². The van der Waals surface area contributed by atoms with E-state index in [1.54, 1.807) is 26.1 Å². The number of benzene rings is 1. The highest BCUT2D eigenvalue weighted by atomic mass is 19.1. The number of hydrogen-bond donors (Lipinski definition) is 1. The summed E-state index contributed by atoms with van der Waals surface area (Å²) in [5, 5.41) is 0. The van der Waals surface area contributed by atoms with E-state index in [4.69, 9.17) is 0 Å². The second-order valence-corrected chi connectivity index (χ2v) is 4.69. The predicted molar refractivity (Wildman–Crippen MR) is 74.0 cm³/mol. The third kappa shape index (κ3) is 3.12. The van der Waals surface area contributed by atoms with E-state index < -0.39 is 5.91 Å². The maximum absolute atomic E-state index is 13.1. The summed E-state index contributed by atoms with van der Waals surface area (Å²) < 4.78 is 13.1. The number of H-pyrrole nitrogens is 1. The van der Waals surface area contributed by atoms with Crippen molar-refractivity contribution in [2.75, 3.05) is 7.05 Å². The summed E-state index contributed by atoms with van der Waals surface area (Å²) in [5.41, 5.74) is 1.12. The minimum Gasteiger partial charge on any atom is -0.364 e. The average Bonchev–Trinajstić information content (AvgIpc) is 2.38. The Kier molecular flexibility index (Phi) is 3.98. The van der Waals surface area contributed by atoms with Gasteiger partial charge in [-0.05, 0) is 24.6 Å². The molecule has 20 heavy (non-hydrogen) atoms. The standard InChI is InChI=1S/C15H15FN2O2/c1-10-6-14(19)13(8-17-10)15(20)18(2)9-11-4-3-5-12(16)7-11/h3-8H,9H2,1-2H3,(H,17,19). The number of hydrogen-bond acceptors (Lipinski definition) is 2. The quantitative estimate of drug-likeness (QED) is 0.931. The first-order chi connectivity index (χ1) is 9.47. The van der Waals surface area contributed by atoms with E-state index in [9.17, 15) is 14.0 Å². The Morgan fingerprint density at radius 3 is 2.75 bits per heavy atom. The molecule has 0 radical (unpaired) electrons. The molecular weight excluding hydrogens is 259 g/mol. The highest BCUT2D eigenvalue weighted by Gasteiger charge is 2.15. The van der Waals surface area contributed by atoms with Gasteiger partial charge >= 0.3 is 0 Å². The smallest absolute Gasteiger partial charge is 0.259 e. The molecule has 0 aliphatic carbocycles. The molecular formula is C15H15FN2O2. The topological polar surface area (TPSA) is 53.2 Å². The van der Waals surface area contributed by atoms with E-state index in [0.29, 0.717) is 11.3 Å². The van der Waals surface area contributed by atoms with Crippen molar-refractivity contribution >= 4 is 5.91 Å². The lowest BCUT2D eigenvalue weighted by atomic mass is 10.2. The third-order valence-corrected chi connectivity index (χ3v) is 2.94. The number of halogens is 1. The first-order valence-electron chi connectivity index (χ1n) is 6.16. The Hall–Kier alpha value is -2.43. The van der Waals surface area contributed by atoms with E-state index >= 15 is 0 Å². The fraction of sp³-hybridized carbons (Fsp3) is 0.200. The molecule has 0 spiro atoms. The molecule has 2 rings (SSSR count). The van der Waals surface area contributed by atoms with Crippen molar-refractivity contribution in [3.63, 3.8) is 0 Å². The maximum atomic E-state index is 13.1. The number of nitrogens with one attached hydrogen (secondary N) is 1. The van der Waals surface area contributed by atoms with E-state index in [1.807, 2.05) is 0 Å². The van der Waals surface area contributed by atoms with Crippen LogP contribution in [-0.2, 0) is 6.54 Å². The van der Waals surface area contributed by atoms with E-state index in [0.717, 1.165) is 0 Å². The zero-order chi connectivity index (χ0) is 14.7. The molecule has 1 aromatic carbocycles. The summed E-state index contributed by atoms with van der Waals surface area (Å²) in [6, 6.07) is 7.40. The summed E-state index contributed by atoms with van der Waals surface area (Å²) >= 11 is 0. The van der Waals surface area contributed by atoms with Crippen LogP contribution in [0.4, 0.5) is 4.39 Å². The summed E-state index contributed by atoms with van der Waals surface area (Å²) in [6.07, 6.45) is 1.40. The van der Waals surface area contributed by atoms with E-state index in [1.165, 1.54) is 29.3 Å². The minimum atomic E-state index is -0.393. The third-order valence-electron chi connectivity index (χ3n) is 2.94. The molecule has 4 nitrogen and oxygen atoms in total. The van der Waals surface area contributed by atoms with Crippen LogP contribution in [0.5, 0.6) is 0 Å². The highest BCUT2D eigenvalue weighted by Crippen LogP contribution is 2.08. The van der Waals surface area contributed by atoms with Crippen molar-refractivity contribution in [2.45, 2.75) is 13.5 Å². The second-order valence-electron chi connectivity index (χ2n) is 4.69. The van der Waals surface area contributed by atoms with Crippen molar-refractivity contribution in [3.8, 4) is 0 Å². The van der Waals surface area contributed by atoms with Crippen molar-refractivity contribution in [1.82, 2.24) is 9.88 Å². The number of carbonyl (C=O) groups excluding carboxylic acids is 1. The van der Waals surface area contributed by atoms with Gasteiger partial charge < -0.3 is 9.88 Å². The van der Waals surface area contributed by atoms with Gasteiger partial charge in [-0.25, -0.2) is 4.39 Å². The maximum Gasteiger partial charge on any atom is 0.259 e. The summed E-state index contributed by atoms with van der Waals surface area (Å²) in [7, 11) is 1.58. The molecule has 0 fully saturated rings. The fourth-order valence-corrected chi connectivity index (χ4v) is 1.93. The molecule has 0 saturated carbocycles. The first-order valence-corrected chi connectivity index (χ1v) is 6.16. The Balaban J connectivity index is 2.18. The van der Waals surface area contributed by atoms with Crippen LogP contribution in [0.3, 0.4) is 0 Å². The van der Waals surface area contributed by atoms with E-state index in [-0.39, 0.29) is 23.4 Å². The average molecular weight is 274 g/mol. The number of pyridine rings is 1. The summed E-state index contributed by atoms with van der Waals surface area (Å²) in [4.78, 5) is 28.2. The lowest BCUT2D eigenvalue weighted by Crippen LogP contribution is -2.30. The molecule has 1 heterocycles. The van der Waals surface area contributed by atoms with Crippen molar-refractivity contribution < 1.29 is 9.18 Å². The summed E-state index contributed by atoms with van der Waals surface area (Å²) in [6.45, 7) is 1.98. The molecule has 2 aromatic rings. The van der Waals surface area contributed by atoms with Gasteiger partial charge in [0.25, 0.3) is 5.91 Å². The Morgan fingerprint density at radius 2 is 2.10 bits per heavy atom. The minimum absolute atomic E-state index is 0.0782. The number of aromatic nitrogens is 1. The zero-order valence-electron chi connectivity index (χ0n) is 11.3. The van der Waals surface area contributed by atoms with Crippen LogP contribution in [0, 0.1) is 12.7 Å². The van der Waals surface area contributed by atoms with Crippen molar-refractivity contribution in [2.24, 2.45) is 0 Å². The largest absolute Gasteiger partial charge is 0.364 e. The van der Waals surface area contributed by atoms with Crippen LogP contribution in [0.2, 0.25) is 0 Å². The van der Waals surface area contributed by atoms with Crippen molar-refractivity contribution in [1.29, 1.82) is 0 Å². The number of aryl methyl sites for hydroxylation is 1. The molecule has 0 unspecified atom stereocenters. The van der Waals surface area contributed by atoms with Crippen LogP contribution >= 0.6 is 0 Å².